The lowest BCUT2D eigenvalue weighted by Gasteiger charge is -2.28. The van der Waals surface area contributed by atoms with Crippen LogP contribution < -0.4 is 15.5 Å². The molecule has 2 aromatic rings. The van der Waals surface area contributed by atoms with Crippen molar-refractivity contribution in [2.45, 2.75) is 39.2 Å². The lowest BCUT2D eigenvalue weighted by Crippen LogP contribution is -2.35. The van der Waals surface area contributed by atoms with Crippen LogP contribution in [0.4, 0.5) is 10.9 Å². The Morgan fingerprint density at radius 2 is 2.07 bits per heavy atom. The minimum Gasteiger partial charge on any atom is -0.393 e. The molecule has 0 amide bonds. The first-order valence-corrected chi connectivity index (χ1v) is 11.0. The van der Waals surface area contributed by atoms with Gasteiger partial charge in [0.25, 0.3) is 0 Å². The Bertz CT molecular complexity index is 882. The molecule has 2 aromatic heterocycles. The molecule has 4 rings (SSSR count). The molecule has 0 aliphatic carbocycles. The lowest BCUT2D eigenvalue weighted by atomic mass is 10.1. The van der Waals surface area contributed by atoms with Gasteiger partial charge in [-0.1, -0.05) is 11.2 Å². The summed E-state index contributed by atoms with van der Waals surface area (Å²) < 4.78 is 0. The van der Waals surface area contributed by atoms with Gasteiger partial charge in [-0.15, -0.1) is 11.3 Å². The molecule has 0 spiro atoms. The quantitative estimate of drug-likeness (QED) is 0.731. The van der Waals surface area contributed by atoms with Crippen LogP contribution in [-0.4, -0.2) is 53.9 Å². The smallest absolute Gasteiger partial charge is 0.197 e. The van der Waals surface area contributed by atoms with Gasteiger partial charge in [-0.2, -0.15) is 0 Å². The molecular weight excluding hydrogens is 386 g/mol. The van der Waals surface area contributed by atoms with Crippen LogP contribution in [0, 0.1) is 0 Å². The van der Waals surface area contributed by atoms with Gasteiger partial charge in [-0.25, -0.2) is 9.97 Å². The number of oxime groups is 1. The van der Waals surface area contributed by atoms with E-state index in [1.54, 1.807) is 11.3 Å². The Balaban J connectivity index is 1.40. The molecule has 29 heavy (non-hydrogen) atoms. The first-order chi connectivity index (χ1) is 14.2. The van der Waals surface area contributed by atoms with E-state index >= 15 is 0 Å². The van der Waals surface area contributed by atoms with Crippen molar-refractivity contribution in [1.82, 2.24) is 15.3 Å². The number of aliphatic imine (C=N–C) groups is 1. The summed E-state index contributed by atoms with van der Waals surface area (Å²) in [5.74, 6) is 1.78. The van der Waals surface area contributed by atoms with Gasteiger partial charge in [0.2, 0.25) is 0 Å². The molecule has 1 fully saturated rings. The van der Waals surface area contributed by atoms with E-state index in [4.69, 9.17) is 9.82 Å². The molecule has 0 bridgehead atoms. The molecule has 2 aliphatic rings. The number of rotatable bonds is 5. The molecule has 154 valence electrons. The van der Waals surface area contributed by atoms with Crippen molar-refractivity contribution in [1.29, 1.82) is 0 Å². The largest absolute Gasteiger partial charge is 0.393 e. The maximum absolute atomic E-state index is 5.38. The molecule has 0 radical (unpaired) electrons. The fourth-order valence-corrected chi connectivity index (χ4v) is 3.88. The van der Waals surface area contributed by atoms with Crippen molar-refractivity contribution in [2.75, 3.05) is 36.4 Å². The number of hydrogen-bond donors (Lipinski definition) is 2. The van der Waals surface area contributed by atoms with E-state index in [0.717, 1.165) is 79.5 Å². The second kappa shape index (κ2) is 9.21. The summed E-state index contributed by atoms with van der Waals surface area (Å²) in [4.78, 5) is 21.6. The monoisotopic (exact) mass is 413 g/mol. The molecule has 4 heterocycles. The molecule has 9 heteroatoms. The zero-order chi connectivity index (χ0) is 20.1. The third-order valence-corrected chi connectivity index (χ3v) is 5.44. The van der Waals surface area contributed by atoms with Crippen molar-refractivity contribution in [3.8, 4) is 11.4 Å². The Kier molecular flexibility index (Phi) is 6.24. The first kappa shape index (κ1) is 19.6. The molecule has 0 unspecified atom stereocenters. The zero-order valence-corrected chi connectivity index (χ0v) is 17.7. The number of aromatic nitrogens is 2. The van der Waals surface area contributed by atoms with Crippen molar-refractivity contribution in [3.05, 3.63) is 23.6 Å². The Hall–Kier alpha value is -2.68. The number of pyridine rings is 1. The van der Waals surface area contributed by atoms with Gasteiger partial charge in [-0.3, -0.25) is 4.99 Å². The number of piperidine rings is 1. The average Bonchev–Trinajstić information content (AvgIpc) is 3.22. The standard InChI is InChI=1S/C20H27N7OS/c1-14(2)28-26-15-7-11-27(12-8-15)18-6-3-5-16(23-18)17-13-29-20(24-17)25-19-21-9-4-10-22-19/h3,5-6,13-14H,4,7-12H2,1-2H3,(H2,21,22,24,25). The average molecular weight is 414 g/mol. The minimum absolute atomic E-state index is 0.123. The topological polar surface area (TPSA) is 87.0 Å². The van der Waals surface area contributed by atoms with E-state index < -0.39 is 0 Å². The molecule has 8 nitrogen and oxygen atoms in total. The van der Waals surface area contributed by atoms with Crippen LogP contribution in [0.5, 0.6) is 0 Å². The van der Waals surface area contributed by atoms with Gasteiger partial charge >= 0.3 is 0 Å². The number of hydrogen-bond acceptors (Lipinski definition) is 9. The predicted octanol–water partition coefficient (Wildman–Crippen LogP) is 3.35. The van der Waals surface area contributed by atoms with Crippen molar-refractivity contribution >= 4 is 34.0 Å². The number of nitrogens with zero attached hydrogens (tertiary/aromatic N) is 5. The third-order valence-electron chi connectivity index (χ3n) is 4.68. The molecular formula is C20H27N7OS. The maximum atomic E-state index is 5.38. The van der Waals surface area contributed by atoms with Gasteiger partial charge in [-0.05, 0) is 32.4 Å². The summed E-state index contributed by atoms with van der Waals surface area (Å²) in [5, 5.41) is 13.6. The molecule has 2 N–H and O–H groups in total. The summed E-state index contributed by atoms with van der Waals surface area (Å²) in [6.45, 7) is 7.57. The highest BCUT2D eigenvalue weighted by atomic mass is 32.1. The second-order valence-electron chi connectivity index (χ2n) is 7.35. The Labute approximate surface area is 175 Å². The normalized spacial score (nSPS) is 17.0. The van der Waals surface area contributed by atoms with Gasteiger partial charge in [0, 0.05) is 44.4 Å². The van der Waals surface area contributed by atoms with Gasteiger partial charge in [0.1, 0.15) is 17.6 Å². The van der Waals surface area contributed by atoms with E-state index in [1.807, 2.05) is 31.4 Å². The fourth-order valence-electron chi connectivity index (χ4n) is 3.17. The van der Waals surface area contributed by atoms with E-state index in [9.17, 15) is 0 Å². The number of guanidine groups is 1. The van der Waals surface area contributed by atoms with Gasteiger partial charge < -0.3 is 20.4 Å². The first-order valence-electron chi connectivity index (χ1n) is 10.1. The number of anilines is 2. The molecule has 1 saturated heterocycles. The summed E-state index contributed by atoms with van der Waals surface area (Å²) in [6, 6.07) is 6.11. The van der Waals surface area contributed by atoms with Crippen molar-refractivity contribution in [2.24, 2.45) is 10.1 Å². The number of thiazole rings is 1. The highest BCUT2D eigenvalue weighted by Crippen LogP contribution is 2.26. The molecule has 0 saturated carbocycles. The summed E-state index contributed by atoms with van der Waals surface area (Å²) >= 11 is 1.56. The van der Waals surface area contributed by atoms with Crippen molar-refractivity contribution < 1.29 is 4.84 Å². The SMILES string of the molecule is CC(C)ON=C1CCN(c2cccc(-c3csc(NC4=NCCCN4)n3)n2)CC1. The van der Waals surface area contributed by atoms with E-state index in [-0.39, 0.29) is 6.10 Å². The van der Waals surface area contributed by atoms with Crippen LogP contribution in [0.3, 0.4) is 0 Å². The number of nitrogens with one attached hydrogen (secondary N) is 2. The molecule has 0 aromatic carbocycles. The molecule has 2 aliphatic heterocycles. The second-order valence-corrected chi connectivity index (χ2v) is 8.21. The van der Waals surface area contributed by atoms with Crippen LogP contribution >= 0.6 is 11.3 Å². The van der Waals surface area contributed by atoms with Crippen LogP contribution in [0.15, 0.2) is 33.7 Å². The molecule has 0 atom stereocenters. The summed E-state index contributed by atoms with van der Waals surface area (Å²) in [7, 11) is 0. The van der Waals surface area contributed by atoms with E-state index in [1.165, 1.54) is 0 Å². The predicted molar refractivity (Wildman–Crippen MR) is 119 cm³/mol. The van der Waals surface area contributed by atoms with Gasteiger partial charge in [0.05, 0.1) is 11.4 Å². The van der Waals surface area contributed by atoms with Crippen molar-refractivity contribution in [3.63, 3.8) is 0 Å². The Morgan fingerprint density at radius 3 is 2.83 bits per heavy atom. The highest BCUT2D eigenvalue weighted by Gasteiger charge is 2.18. The van der Waals surface area contributed by atoms with E-state index in [0.29, 0.717) is 0 Å². The van der Waals surface area contributed by atoms with Gasteiger partial charge in [0.15, 0.2) is 11.1 Å². The van der Waals surface area contributed by atoms with Crippen LogP contribution in [-0.2, 0) is 4.84 Å². The third kappa shape index (κ3) is 5.23. The minimum atomic E-state index is 0.123. The van der Waals surface area contributed by atoms with Crippen LogP contribution in [0.25, 0.3) is 11.4 Å². The van der Waals surface area contributed by atoms with Crippen LogP contribution in [0.2, 0.25) is 0 Å². The zero-order valence-electron chi connectivity index (χ0n) is 16.9. The van der Waals surface area contributed by atoms with E-state index in [2.05, 4.69) is 36.7 Å². The fraction of sp³-hybridized carbons (Fsp3) is 0.500. The lowest BCUT2D eigenvalue weighted by molar-refractivity contribution is 0.0848. The maximum Gasteiger partial charge on any atom is 0.197 e. The summed E-state index contributed by atoms with van der Waals surface area (Å²) in [5.41, 5.74) is 2.88. The highest BCUT2D eigenvalue weighted by molar-refractivity contribution is 7.14. The summed E-state index contributed by atoms with van der Waals surface area (Å²) in [6.07, 6.45) is 2.99. The van der Waals surface area contributed by atoms with Crippen LogP contribution in [0.1, 0.15) is 33.1 Å². The Morgan fingerprint density at radius 1 is 1.21 bits per heavy atom.